The van der Waals surface area contributed by atoms with Gasteiger partial charge in [0.25, 0.3) is 0 Å². The molecule has 0 aliphatic carbocycles. The Labute approximate surface area is 124 Å². The Bertz CT molecular complexity index is 460. The molecule has 108 valence electrons. The fraction of sp³-hybridized carbons (Fsp3) is 0.333. The average molecular weight is 295 g/mol. The van der Waals surface area contributed by atoms with Crippen molar-refractivity contribution in [3.05, 3.63) is 48.9 Å². The molecule has 0 amide bonds. The van der Waals surface area contributed by atoms with Crippen LogP contribution in [0.15, 0.2) is 58.9 Å². The van der Waals surface area contributed by atoms with E-state index in [1.807, 2.05) is 0 Å². The zero-order valence-corrected chi connectivity index (χ0v) is 12.2. The van der Waals surface area contributed by atoms with Gasteiger partial charge in [-0.3, -0.25) is 0 Å². The Balaban J connectivity index is 2.45. The first-order chi connectivity index (χ1) is 9.52. The molecular weight excluding hydrogens is 276 g/mol. The van der Waals surface area contributed by atoms with Crippen LogP contribution in [-0.2, 0) is 9.47 Å². The molecule has 0 spiro atoms. The van der Waals surface area contributed by atoms with Gasteiger partial charge in [0.2, 0.25) is 5.29 Å². The van der Waals surface area contributed by atoms with E-state index in [0.717, 1.165) is 26.1 Å². The quantitative estimate of drug-likeness (QED) is 0.247. The van der Waals surface area contributed by atoms with Crippen LogP contribution in [-0.4, -0.2) is 31.3 Å². The second-order valence-electron chi connectivity index (χ2n) is 4.24. The minimum Gasteiger partial charge on any atom is -0.491 e. The normalized spacial score (nSPS) is 16.9. The van der Waals surface area contributed by atoms with Gasteiger partial charge in [-0.25, -0.2) is 9.98 Å². The van der Waals surface area contributed by atoms with Crippen LogP contribution in [0.5, 0.6) is 0 Å². The van der Waals surface area contributed by atoms with E-state index in [4.69, 9.17) is 21.1 Å². The monoisotopic (exact) mass is 294 g/mol. The largest absolute Gasteiger partial charge is 0.491 e. The third-order valence-electron chi connectivity index (χ3n) is 2.69. The molecule has 0 saturated carbocycles. The molecule has 4 nitrogen and oxygen atoms in total. The lowest BCUT2D eigenvalue weighted by atomic mass is 10.1. The summed E-state index contributed by atoms with van der Waals surface area (Å²) in [6, 6.07) is 0. The van der Waals surface area contributed by atoms with Gasteiger partial charge in [0.05, 0.1) is 18.9 Å². The maximum absolute atomic E-state index is 5.70. The molecule has 1 aliphatic rings. The summed E-state index contributed by atoms with van der Waals surface area (Å²) in [4.78, 5) is 7.38. The maximum atomic E-state index is 5.70. The first-order valence-corrected chi connectivity index (χ1v) is 6.61. The lowest BCUT2D eigenvalue weighted by Gasteiger charge is -2.23. The third kappa shape index (κ3) is 5.99. The molecule has 0 aromatic carbocycles. The van der Waals surface area contributed by atoms with Crippen molar-refractivity contribution >= 4 is 23.6 Å². The van der Waals surface area contributed by atoms with Crippen molar-refractivity contribution in [1.29, 1.82) is 0 Å². The van der Waals surface area contributed by atoms with Crippen LogP contribution in [0, 0.1) is 0 Å². The lowest BCUT2D eigenvalue weighted by Crippen LogP contribution is -2.22. The summed E-state index contributed by atoms with van der Waals surface area (Å²) in [5, 5.41) is 0.0295. The number of amidine groups is 1. The third-order valence-corrected chi connectivity index (χ3v) is 2.89. The van der Waals surface area contributed by atoms with Gasteiger partial charge in [-0.15, -0.1) is 0 Å². The zero-order chi connectivity index (χ0) is 15.0. The first-order valence-electron chi connectivity index (χ1n) is 6.23. The summed E-state index contributed by atoms with van der Waals surface area (Å²) in [5.74, 6) is 0.572. The highest BCUT2D eigenvalue weighted by molar-refractivity contribution is 6.65. The highest BCUT2D eigenvalue weighted by Crippen LogP contribution is 2.16. The number of nitrogens with zero attached hydrogens (tertiary/aromatic N) is 2. The number of halogens is 1. The summed E-state index contributed by atoms with van der Waals surface area (Å²) < 4.78 is 11.0. The van der Waals surface area contributed by atoms with Gasteiger partial charge < -0.3 is 9.47 Å². The number of rotatable bonds is 6. The van der Waals surface area contributed by atoms with Crippen LogP contribution in [0.4, 0.5) is 0 Å². The fourth-order valence-electron chi connectivity index (χ4n) is 1.56. The van der Waals surface area contributed by atoms with E-state index in [9.17, 15) is 0 Å². The predicted molar refractivity (Wildman–Crippen MR) is 84.3 cm³/mol. The zero-order valence-electron chi connectivity index (χ0n) is 11.5. The van der Waals surface area contributed by atoms with Gasteiger partial charge in [0.15, 0.2) is 0 Å². The Hall–Kier alpha value is -1.65. The van der Waals surface area contributed by atoms with Crippen LogP contribution in [0.2, 0.25) is 0 Å². The average Bonchev–Trinajstić information content (AvgIpc) is 2.45. The standard InChI is InChI=1S/C15H19ClN2O2/c1-11(13(3)18-15(16)17-4)5-6-12(2)20-14-7-9-19-10-8-14/h5-6,14H,1-4,7-10H2/b6-5-,18-15-. The van der Waals surface area contributed by atoms with E-state index in [0.29, 0.717) is 17.0 Å². The van der Waals surface area contributed by atoms with E-state index in [1.54, 1.807) is 12.2 Å². The Morgan fingerprint density at radius 1 is 1.20 bits per heavy atom. The summed E-state index contributed by atoms with van der Waals surface area (Å²) in [7, 11) is 0. The van der Waals surface area contributed by atoms with Crippen LogP contribution in [0.1, 0.15) is 12.8 Å². The summed E-state index contributed by atoms with van der Waals surface area (Å²) in [6.07, 6.45) is 5.38. The Morgan fingerprint density at radius 2 is 1.85 bits per heavy atom. The minimum absolute atomic E-state index is 0.0295. The Morgan fingerprint density at radius 3 is 2.45 bits per heavy atom. The number of hydrogen-bond donors (Lipinski definition) is 0. The molecule has 1 fully saturated rings. The van der Waals surface area contributed by atoms with Crippen molar-refractivity contribution in [2.75, 3.05) is 13.2 Å². The fourth-order valence-corrected chi connectivity index (χ4v) is 1.66. The van der Waals surface area contributed by atoms with E-state index in [2.05, 4.69) is 36.4 Å². The number of allylic oxidation sites excluding steroid dienone is 2. The molecule has 0 radical (unpaired) electrons. The summed E-state index contributed by atoms with van der Waals surface area (Å²) in [6.45, 7) is 16.1. The summed E-state index contributed by atoms with van der Waals surface area (Å²) >= 11 is 5.64. The molecule has 0 bridgehead atoms. The van der Waals surface area contributed by atoms with Crippen molar-refractivity contribution in [3.63, 3.8) is 0 Å². The molecule has 1 aliphatic heterocycles. The molecule has 1 heterocycles. The number of hydrogen-bond acceptors (Lipinski definition) is 3. The van der Waals surface area contributed by atoms with Gasteiger partial charge in [-0.2, -0.15) is 0 Å². The van der Waals surface area contributed by atoms with Crippen LogP contribution in [0.25, 0.3) is 0 Å². The van der Waals surface area contributed by atoms with E-state index >= 15 is 0 Å². The van der Waals surface area contributed by atoms with Gasteiger partial charge >= 0.3 is 0 Å². The number of aliphatic imine (C=N–C) groups is 2. The SMILES string of the molecule is C=N/C(Cl)=N\C(=C)C(=C)/C=C\C(=C)OC1CCOCC1. The van der Waals surface area contributed by atoms with E-state index in [1.165, 1.54) is 0 Å². The molecule has 1 rings (SSSR count). The van der Waals surface area contributed by atoms with Crippen LogP contribution < -0.4 is 0 Å². The van der Waals surface area contributed by atoms with Gasteiger partial charge in [0, 0.05) is 12.8 Å². The second-order valence-corrected chi connectivity index (χ2v) is 4.58. The molecule has 20 heavy (non-hydrogen) atoms. The molecule has 5 heteroatoms. The highest BCUT2D eigenvalue weighted by atomic mass is 35.5. The van der Waals surface area contributed by atoms with Crippen molar-refractivity contribution in [3.8, 4) is 0 Å². The molecule has 0 aromatic heterocycles. The molecule has 0 unspecified atom stereocenters. The lowest BCUT2D eigenvalue weighted by molar-refractivity contribution is -0.000305. The molecule has 0 N–H and O–H groups in total. The molecule has 1 saturated heterocycles. The van der Waals surface area contributed by atoms with Gasteiger partial charge in [-0.05, 0) is 36.0 Å². The highest BCUT2D eigenvalue weighted by Gasteiger charge is 2.14. The smallest absolute Gasteiger partial charge is 0.222 e. The molecular formula is C15H19ClN2O2. The maximum Gasteiger partial charge on any atom is 0.222 e. The Kier molecular flexibility index (Phi) is 6.98. The predicted octanol–water partition coefficient (Wildman–Crippen LogP) is 3.62. The van der Waals surface area contributed by atoms with E-state index in [-0.39, 0.29) is 11.4 Å². The number of ether oxygens (including phenoxy) is 2. The topological polar surface area (TPSA) is 43.2 Å². The molecule has 0 atom stereocenters. The van der Waals surface area contributed by atoms with Crippen molar-refractivity contribution in [1.82, 2.24) is 0 Å². The van der Waals surface area contributed by atoms with Gasteiger partial charge in [-0.1, -0.05) is 19.7 Å². The van der Waals surface area contributed by atoms with Crippen LogP contribution in [0.3, 0.4) is 0 Å². The van der Waals surface area contributed by atoms with Gasteiger partial charge in [0.1, 0.15) is 11.9 Å². The van der Waals surface area contributed by atoms with Crippen molar-refractivity contribution in [2.24, 2.45) is 9.98 Å². The van der Waals surface area contributed by atoms with Crippen molar-refractivity contribution in [2.45, 2.75) is 18.9 Å². The van der Waals surface area contributed by atoms with E-state index < -0.39 is 0 Å². The second kappa shape index (κ2) is 8.51. The van der Waals surface area contributed by atoms with Crippen molar-refractivity contribution < 1.29 is 9.47 Å². The molecule has 0 aromatic rings. The summed E-state index contributed by atoms with van der Waals surface area (Å²) in [5.41, 5.74) is 1.01. The minimum atomic E-state index is 0.0295. The van der Waals surface area contributed by atoms with Crippen LogP contribution >= 0.6 is 11.6 Å². The first kappa shape index (κ1) is 16.4.